The maximum absolute atomic E-state index is 3.59. The number of nitrogens with zero attached hydrogens (tertiary/aromatic N) is 1. The van der Waals surface area contributed by atoms with Gasteiger partial charge in [0, 0.05) is 26.2 Å². The normalized spacial score (nSPS) is 46.4. The summed E-state index contributed by atoms with van der Waals surface area (Å²) in [5.74, 6) is 0. The molecule has 0 saturated carbocycles. The molecule has 2 rings (SSSR count). The van der Waals surface area contributed by atoms with E-state index < -0.39 is 0 Å². The van der Waals surface area contributed by atoms with Crippen molar-refractivity contribution in [2.45, 2.75) is 27.2 Å². The molecule has 2 aliphatic heterocycles. The summed E-state index contributed by atoms with van der Waals surface area (Å²) in [7, 11) is 0. The summed E-state index contributed by atoms with van der Waals surface area (Å²) in [5, 5.41) is 3.59. The van der Waals surface area contributed by atoms with Crippen LogP contribution in [-0.2, 0) is 0 Å². The van der Waals surface area contributed by atoms with Crippen LogP contribution in [0.1, 0.15) is 27.2 Å². The first-order valence-corrected chi connectivity index (χ1v) is 5.48. The largest absolute Gasteiger partial charge is 0.316 e. The molecule has 0 amide bonds. The van der Waals surface area contributed by atoms with Gasteiger partial charge >= 0.3 is 0 Å². The number of hydrogen-bond acceptors (Lipinski definition) is 2. The molecule has 0 aromatic carbocycles. The Kier molecular flexibility index (Phi) is 2.16. The number of rotatable bonds is 1. The van der Waals surface area contributed by atoms with Gasteiger partial charge in [-0.2, -0.15) is 0 Å². The number of likely N-dealkylation sites (tertiary alicyclic amines) is 1. The summed E-state index contributed by atoms with van der Waals surface area (Å²) in [6.45, 7) is 13.3. The third-order valence-corrected chi connectivity index (χ3v) is 3.61. The summed E-state index contributed by atoms with van der Waals surface area (Å²) >= 11 is 0. The molecule has 2 bridgehead atoms. The van der Waals surface area contributed by atoms with E-state index in [1.807, 2.05) is 0 Å². The highest BCUT2D eigenvalue weighted by molar-refractivity contribution is 4.99. The highest BCUT2D eigenvalue weighted by Gasteiger charge is 2.44. The van der Waals surface area contributed by atoms with Crippen molar-refractivity contribution in [2.24, 2.45) is 10.8 Å². The number of nitrogens with one attached hydrogen (secondary N) is 1. The summed E-state index contributed by atoms with van der Waals surface area (Å²) in [4.78, 5) is 2.62. The molecule has 0 radical (unpaired) electrons. The minimum absolute atomic E-state index is 0.529. The number of piperidine rings is 2. The van der Waals surface area contributed by atoms with Crippen LogP contribution in [0.4, 0.5) is 0 Å². The predicted molar refractivity (Wildman–Crippen MR) is 55.8 cm³/mol. The van der Waals surface area contributed by atoms with E-state index >= 15 is 0 Å². The van der Waals surface area contributed by atoms with Gasteiger partial charge in [0.15, 0.2) is 0 Å². The van der Waals surface area contributed by atoms with Crippen molar-refractivity contribution < 1.29 is 0 Å². The molecular weight excluding hydrogens is 160 g/mol. The molecule has 13 heavy (non-hydrogen) atoms. The molecule has 1 N–H and O–H groups in total. The van der Waals surface area contributed by atoms with Gasteiger partial charge in [0.2, 0.25) is 0 Å². The molecule has 2 atom stereocenters. The second-order valence-corrected chi connectivity index (χ2v) is 5.70. The Hall–Kier alpha value is -0.0800. The lowest BCUT2D eigenvalue weighted by Gasteiger charge is -2.53. The van der Waals surface area contributed by atoms with Crippen LogP contribution in [0, 0.1) is 10.8 Å². The van der Waals surface area contributed by atoms with E-state index in [0.29, 0.717) is 10.8 Å². The zero-order valence-electron chi connectivity index (χ0n) is 9.19. The zero-order chi connectivity index (χ0) is 9.53. The van der Waals surface area contributed by atoms with E-state index in [1.54, 1.807) is 0 Å². The standard InChI is InChI=1S/C11H22N2/c1-4-13-8-10(2)5-11(3,9-13)7-12-6-10/h12H,4-9H2,1-3H3. The third kappa shape index (κ3) is 1.75. The maximum Gasteiger partial charge on any atom is 0.00478 e. The quantitative estimate of drug-likeness (QED) is 0.658. The molecule has 0 aromatic rings. The van der Waals surface area contributed by atoms with Crippen LogP contribution in [0.15, 0.2) is 0 Å². The average Bonchev–Trinajstić information content (AvgIpc) is 2.00. The van der Waals surface area contributed by atoms with Crippen molar-refractivity contribution in [1.82, 2.24) is 10.2 Å². The van der Waals surface area contributed by atoms with Gasteiger partial charge in [-0.15, -0.1) is 0 Å². The minimum atomic E-state index is 0.529. The lowest BCUT2D eigenvalue weighted by molar-refractivity contribution is -0.0174. The Bertz CT molecular complexity index is 186. The predicted octanol–water partition coefficient (Wildman–Crippen LogP) is 1.33. The van der Waals surface area contributed by atoms with Crippen molar-refractivity contribution in [2.75, 3.05) is 32.7 Å². The molecule has 2 nitrogen and oxygen atoms in total. The molecule has 0 spiro atoms. The first kappa shape index (κ1) is 9.47. The van der Waals surface area contributed by atoms with Crippen molar-refractivity contribution in [3.8, 4) is 0 Å². The van der Waals surface area contributed by atoms with Gasteiger partial charge in [0.25, 0.3) is 0 Å². The first-order valence-electron chi connectivity index (χ1n) is 5.48. The molecule has 0 aliphatic carbocycles. The Labute approximate surface area is 81.7 Å². The van der Waals surface area contributed by atoms with E-state index in [1.165, 1.54) is 39.1 Å². The number of hydrogen-bond donors (Lipinski definition) is 1. The van der Waals surface area contributed by atoms with Crippen LogP contribution >= 0.6 is 0 Å². The third-order valence-electron chi connectivity index (χ3n) is 3.61. The fourth-order valence-electron chi connectivity index (χ4n) is 3.40. The van der Waals surface area contributed by atoms with Crippen molar-refractivity contribution in [3.63, 3.8) is 0 Å². The topological polar surface area (TPSA) is 15.3 Å². The van der Waals surface area contributed by atoms with Gasteiger partial charge in [0.1, 0.15) is 0 Å². The Morgan fingerprint density at radius 3 is 2.15 bits per heavy atom. The summed E-state index contributed by atoms with van der Waals surface area (Å²) in [5.41, 5.74) is 1.06. The van der Waals surface area contributed by atoms with Gasteiger partial charge in [-0.1, -0.05) is 20.8 Å². The monoisotopic (exact) mass is 182 g/mol. The Balaban J connectivity index is 2.15. The summed E-state index contributed by atoms with van der Waals surface area (Å²) in [6.07, 6.45) is 1.41. The SMILES string of the molecule is CCN1CC2(C)CNCC(C)(C1)C2. The van der Waals surface area contributed by atoms with E-state index in [9.17, 15) is 0 Å². The molecule has 2 heterocycles. The van der Waals surface area contributed by atoms with Gasteiger partial charge in [0.05, 0.1) is 0 Å². The van der Waals surface area contributed by atoms with Crippen LogP contribution in [0.3, 0.4) is 0 Å². The molecule has 2 heteroatoms. The molecule has 2 unspecified atom stereocenters. The Morgan fingerprint density at radius 2 is 1.69 bits per heavy atom. The van der Waals surface area contributed by atoms with Crippen molar-refractivity contribution in [3.05, 3.63) is 0 Å². The van der Waals surface area contributed by atoms with Crippen LogP contribution in [0.2, 0.25) is 0 Å². The summed E-state index contributed by atoms with van der Waals surface area (Å²) < 4.78 is 0. The molecule has 76 valence electrons. The highest BCUT2D eigenvalue weighted by atomic mass is 15.2. The van der Waals surface area contributed by atoms with Crippen LogP contribution in [0.25, 0.3) is 0 Å². The van der Waals surface area contributed by atoms with Gasteiger partial charge < -0.3 is 10.2 Å². The fraction of sp³-hybridized carbons (Fsp3) is 1.00. The highest BCUT2D eigenvalue weighted by Crippen LogP contribution is 2.42. The molecule has 2 aliphatic rings. The molecule has 2 saturated heterocycles. The van der Waals surface area contributed by atoms with Gasteiger partial charge in [-0.3, -0.25) is 0 Å². The van der Waals surface area contributed by atoms with Crippen molar-refractivity contribution in [1.29, 1.82) is 0 Å². The first-order chi connectivity index (χ1) is 6.05. The second kappa shape index (κ2) is 2.96. The average molecular weight is 182 g/mol. The lowest BCUT2D eigenvalue weighted by atomic mass is 9.66. The fourth-order valence-corrected chi connectivity index (χ4v) is 3.40. The van der Waals surface area contributed by atoms with Crippen LogP contribution < -0.4 is 5.32 Å². The molecular formula is C11H22N2. The summed E-state index contributed by atoms with van der Waals surface area (Å²) in [6, 6.07) is 0. The van der Waals surface area contributed by atoms with E-state index in [2.05, 4.69) is 31.0 Å². The molecule has 0 aromatic heterocycles. The van der Waals surface area contributed by atoms with E-state index in [-0.39, 0.29) is 0 Å². The van der Waals surface area contributed by atoms with E-state index in [4.69, 9.17) is 0 Å². The Morgan fingerprint density at radius 1 is 1.15 bits per heavy atom. The maximum atomic E-state index is 3.59. The van der Waals surface area contributed by atoms with Crippen LogP contribution in [-0.4, -0.2) is 37.6 Å². The van der Waals surface area contributed by atoms with Crippen LogP contribution in [0.5, 0.6) is 0 Å². The molecule has 2 fully saturated rings. The second-order valence-electron chi connectivity index (χ2n) is 5.70. The minimum Gasteiger partial charge on any atom is -0.316 e. The van der Waals surface area contributed by atoms with Crippen molar-refractivity contribution >= 4 is 0 Å². The van der Waals surface area contributed by atoms with Gasteiger partial charge in [-0.05, 0) is 23.8 Å². The number of fused-ring (bicyclic) bond motifs is 2. The lowest BCUT2D eigenvalue weighted by Crippen LogP contribution is -2.61. The zero-order valence-corrected chi connectivity index (χ0v) is 9.19. The smallest absolute Gasteiger partial charge is 0.00478 e. The van der Waals surface area contributed by atoms with E-state index in [0.717, 1.165) is 0 Å². The van der Waals surface area contributed by atoms with Gasteiger partial charge in [-0.25, -0.2) is 0 Å².